The van der Waals surface area contributed by atoms with Gasteiger partial charge in [-0.25, -0.2) is 0 Å². The summed E-state index contributed by atoms with van der Waals surface area (Å²) < 4.78 is 5.58. The normalized spacial score (nSPS) is 20.0. The van der Waals surface area contributed by atoms with Gasteiger partial charge >= 0.3 is 0 Å². The number of hydrogen-bond acceptors (Lipinski definition) is 5. The molecule has 2 aromatic carbocycles. The van der Waals surface area contributed by atoms with Gasteiger partial charge in [-0.05, 0) is 42.5 Å². The van der Waals surface area contributed by atoms with Crippen molar-refractivity contribution in [1.82, 2.24) is 5.16 Å². The van der Waals surface area contributed by atoms with Gasteiger partial charge in [0, 0.05) is 36.2 Å². The highest BCUT2D eigenvalue weighted by molar-refractivity contribution is 6.01. The Morgan fingerprint density at radius 2 is 1.81 bits per heavy atom. The zero-order chi connectivity index (χ0) is 21.5. The lowest BCUT2D eigenvalue weighted by Gasteiger charge is -2.34. The third-order valence-electron chi connectivity index (χ3n) is 6.09. The molecule has 0 bridgehead atoms. The number of amides is 1. The maximum absolute atomic E-state index is 13.4. The molecule has 1 aliphatic carbocycles. The fraction of sp³-hybridized carbons (Fsp3) is 0.240. The number of Topliss-reactive ketones (excluding diaryl/α,β-unsaturated/α-hetero) is 1. The van der Waals surface area contributed by atoms with Crippen molar-refractivity contribution < 1.29 is 14.1 Å². The summed E-state index contributed by atoms with van der Waals surface area (Å²) in [5.41, 5.74) is 6.23. The number of benzene rings is 2. The number of aryl methyl sites for hydroxylation is 1. The summed E-state index contributed by atoms with van der Waals surface area (Å²) in [7, 11) is 0. The van der Waals surface area contributed by atoms with E-state index < -0.39 is 0 Å². The Morgan fingerprint density at radius 1 is 1.06 bits per heavy atom. The predicted molar refractivity (Wildman–Crippen MR) is 118 cm³/mol. The van der Waals surface area contributed by atoms with Gasteiger partial charge in [-0.15, -0.1) is 0 Å². The minimum Gasteiger partial charge on any atom is -0.338 e. The summed E-state index contributed by atoms with van der Waals surface area (Å²) in [5, 5.41) is 10.3. The van der Waals surface area contributed by atoms with Crippen LogP contribution in [0.15, 0.2) is 70.4 Å². The van der Waals surface area contributed by atoms with Gasteiger partial charge in [-0.1, -0.05) is 47.6 Å². The smallest absolute Gasteiger partial charge is 0.233 e. The number of ketones is 1. The van der Waals surface area contributed by atoms with Crippen LogP contribution in [0.3, 0.4) is 0 Å². The van der Waals surface area contributed by atoms with Gasteiger partial charge in [0.25, 0.3) is 0 Å². The molecule has 1 aromatic heterocycles. The minimum atomic E-state index is -0.242. The molecule has 6 heteroatoms. The molecule has 0 saturated carbocycles. The maximum atomic E-state index is 13.4. The molecular weight excluding hydrogens is 390 g/mol. The van der Waals surface area contributed by atoms with Crippen LogP contribution in [-0.4, -0.2) is 16.8 Å². The Labute approximate surface area is 180 Å². The van der Waals surface area contributed by atoms with E-state index in [4.69, 9.17) is 4.52 Å². The molecule has 1 amide bonds. The molecule has 0 saturated heterocycles. The van der Waals surface area contributed by atoms with Crippen LogP contribution < -0.4 is 10.6 Å². The molecular formula is C25H23N3O3. The fourth-order valence-electron chi connectivity index (χ4n) is 4.73. The lowest BCUT2D eigenvalue weighted by atomic mass is 9.72. The van der Waals surface area contributed by atoms with Crippen LogP contribution in [0.2, 0.25) is 0 Å². The minimum absolute atomic E-state index is 0.119. The summed E-state index contributed by atoms with van der Waals surface area (Å²) in [4.78, 5) is 24.8. The first kappa shape index (κ1) is 19.3. The van der Waals surface area contributed by atoms with Crippen molar-refractivity contribution in [2.45, 2.75) is 38.5 Å². The number of allylic oxidation sites excluding steroid dienone is 2. The molecule has 156 valence electrons. The molecule has 6 nitrogen and oxygen atoms in total. The average Bonchev–Trinajstić information content (AvgIpc) is 3.13. The van der Waals surface area contributed by atoms with Crippen LogP contribution in [0.1, 0.15) is 54.0 Å². The SMILES string of the molecule is CC(=O)Nc1ccc([C@@H]2C3=C(C[C@H](c4ccccc4)CC3=O)Nc3onc(C)c32)cc1. The van der Waals surface area contributed by atoms with Gasteiger partial charge in [0.15, 0.2) is 5.78 Å². The molecule has 2 heterocycles. The van der Waals surface area contributed by atoms with Crippen molar-refractivity contribution in [3.8, 4) is 0 Å². The Bertz CT molecular complexity index is 1190. The van der Waals surface area contributed by atoms with Crippen molar-refractivity contribution in [3.05, 3.63) is 88.3 Å². The number of carbonyl (C=O) groups is 2. The number of hydrogen-bond donors (Lipinski definition) is 2. The third-order valence-corrected chi connectivity index (χ3v) is 6.09. The number of rotatable bonds is 3. The van der Waals surface area contributed by atoms with Crippen molar-refractivity contribution in [1.29, 1.82) is 0 Å². The summed E-state index contributed by atoms with van der Waals surface area (Å²) in [6, 6.07) is 17.8. The molecule has 2 atom stereocenters. The molecule has 0 spiro atoms. The highest BCUT2D eigenvalue weighted by atomic mass is 16.5. The largest absolute Gasteiger partial charge is 0.338 e. The van der Waals surface area contributed by atoms with Crippen LogP contribution in [0.4, 0.5) is 11.6 Å². The summed E-state index contributed by atoms with van der Waals surface area (Å²) in [6.07, 6.45) is 1.22. The Kier molecular flexibility index (Phi) is 4.70. The third kappa shape index (κ3) is 3.44. The molecule has 0 radical (unpaired) electrons. The lowest BCUT2D eigenvalue weighted by molar-refractivity contribution is -0.116. The van der Waals surface area contributed by atoms with Crippen LogP contribution in [0.5, 0.6) is 0 Å². The van der Waals surface area contributed by atoms with Gasteiger partial charge in [0.05, 0.1) is 11.3 Å². The number of anilines is 2. The van der Waals surface area contributed by atoms with Crippen LogP contribution in [-0.2, 0) is 9.59 Å². The van der Waals surface area contributed by atoms with Gasteiger partial charge < -0.3 is 15.2 Å². The molecule has 2 N–H and O–H groups in total. The number of nitrogens with one attached hydrogen (secondary N) is 2. The number of aromatic nitrogens is 1. The lowest BCUT2D eigenvalue weighted by Crippen LogP contribution is -2.29. The topological polar surface area (TPSA) is 84.2 Å². The van der Waals surface area contributed by atoms with Crippen LogP contribution in [0.25, 0.3) is 0 Å². The molecule has 2 aliphatic rings. The molecule has 5 rings (SSSR count). The molecule has 1 aliphatic heterocycles. The second-order valence-corrected chi connectivity index (χ2v) is 8.20. The molecule has 0 unspecified atom stereocenters. The summed E-state index contributed by atoms with van der Waals surface area (Å²) in [6.45, 7) is 3.38. The highest BCUT2D eigenvalue weighted by Gasteiger charge is 2.41. The van der Waals surface area contributed by atoms with Gasteiger partial charge in [-0.2, -0.15) is 0 Å². The predicted octanol–water partition coefficient (Wildman–Crippen LogP) is 4.90. The number of carbonyl (C=O) groups excluding carboxylic acids is 2. The van der Waals surface area contributed by atoms with E-state index in [9.17, 15) is 9.59 Å². The van der Waals surface area contributed by atoms with Crippen LogP contribution >= 0.6 is 0 Å². The molecule has 31 heavy (non-hydrogen) atoms. The monoisotopic (exact) mass is 413 g/mol. The van der Waals surface area contributed by atoms with Crippen molar-refractivity contribution in [2.75, 3.05) is 10.6 Å². The van der Waals surface area contributed by atoms with Crippen LogP contribution in [0, 0.1) is 6.92 Å². The molecule has 0 fully saturated rings. The first-order valence-electron chi connectivity index (χ1n) is 10.4. The van der Waals surface area contributed by atoms with E-state index in [1.165, 1.54) is 12.5 Å². The Morgan fingerprint density at radius 3 is 2.52 bits per heavy atom. The number of nitrogens with zero attached hydrogens (tertiary/aromatic N) is 1. The second kappa shape index (κ2) is 7.54. The highest BCUT2D eigenvalue weighted by Crippen LogP contribution is 2.49. The fourth-order valence-corrected chi connectivity index (χ4v) is 4.73. The van der Waals surface area contributed by atoms with Gasteiger partial charge in [-0.3, -0.25) is 9.59 Å². The standard InChI is InChI=1S/C25H23N3O3/c1-14-22-23(17-8-10-19(11-9-17)26-15(2)29)24-20(27-25(22)31-28-14)12-18(13-21(24)30)16-6-4-3-5-7-16/h3-11,18,23,27H,12-13H2,1-2H3,(H,26,29)/t18-,23-/m0/s1. The van der Waals surface area contributed by atoms with Crippen molar-refractivity contribution in [3.63, 3.8) is 0 Å². The van der Waals surface area contributed by atoms with E-state index in [2.05, 4.69) is 27.9 Å². The average molecular weight is 413 g/mol. The summed E-state index contributed by atoms with van der Waals surface area (Å²) in [5.74, 6) is 0.520. The second-order valence-electron chi connectivity index (χ2n) is 8.20. The van der Waals surface area contributed by atoms with Crippen molar-refractivity contribution in [2.24, 2.45) is 0 Å². The van der Waals surface area contributed by atoms with Gasteiger partial charge in [0.2, 0.25) is 11.8 Å². The van der Waals surface area contributed by atoms with Crippen molar-refractivity contribution >= 4 is 23.3 Å². The van der Waals surface area contributed by atoms with E-state index in [1.807, 2.05) is 49.4 Å². The number of fused-ring (bicyclic) bond motifs is 1. The van der Waals surface area contributed by atoms with Gasteiger partial charge in [0.1, 0.15) is 0 Å². The van der Waals surface area contributed by atoms with E-state index in [-0.39, 0.29) is 23.5 Å². The van der Waals surface area contributed by atoms with E-state index in [0.717, 1.165) is 40.2 Å². The summed E-state index contributed by atoms with van der Waals surface area (Å²) >= 11 is 0. The Balaban J connectivity index is 1.57. The van der Waals surface area contributed by atoms with E-state index in [0.29, 0.717) is 12.3 Å². The zero-order valence-corrected chi connectivity index (χ0v) is 17.4. The first-order chi connectivity index (χ1) is 15.0. The zero-order valence-electron chi connectivity index (χ0n) is 17.4. The van der Waals surface area contributed by atoms with E-state index >= 15 is 0 Å². The Hall–Kier alpha value is -3.67. The molecule has 3 aromatic rings. The quantitative estimate of drug-likeness (QED) is 0.638. The maximum Gasteiger partial charge on any atom is 0.233 e. The van der Waals surface area contributed by atoms with E-state index in [1.54, 1.807) is 0 Å². The first-order valence-corrected chi connectivity index (χ1v) is 10.4.